The van der Waals surface area contributed by atoms with Gasteiger partial charge in [-0.1, -0.05) is 200 Å². The minimum Gasteiger partial charge on any atom is -0.310 e. The van der Waals surface area contributed by atoms with Crippen molar-refractivity contribution >= 4 is 77.7 Å². The van der Waals surface area contributed by atoms with Gasteiger partial charge in [0.05, 0.1) is 22.1 Å². The van der Waals surface area contributed by atoms with Crippen molar-refractivity contribution < 1.29 is 0 Å². The van der Waals surface area contributed by atoms with Crippen molar-refractivity contribution in [1.82, 2.24) is 9.13 Å². The maximum absolute atomic E-state index is 2.42. The van der Waals surface area contributed by atoms with Crippen molar-refractivity contribution in [1.29, 1.82) is 0 Å². The predicted molar refractivity (Wildman–Crippen MR) is 346 cm³/mol. The number of anilines is 6. The fourth-order valence-electron chi connectivity index (χ4n) is 12.2. The van der Waals surface area contributed by atoms with Crippen molar-refractivity contribution in [2.45, 2.75) is 0 Å². The van der Waals surface area contributed by atoms with E-state index >= 15 is 0 Å². The molecule has 0 unspecified atom stereocenters. The number of hydrogen-bond donors (Lipinski definition) is 0. The molecule has 2 heterocycles. The van der Waals surface area contributed by atoms with E-state index in [4.69, 9.17) is 0 Å². The van der Waals surface area contributed by atoms with Crippen molar-refractivity contribution in [3.05, 3.63) is 328 Å². The summed E-state index contributed by atoms with van der Waals surface area (Å²) in [6.45, 7) is 0. The third kappa shape index (κ3) is 8.76. The van der Waals surface area contributed by atoms with Crippen LogP contribution in [0.2, 0.25) is 0 Å². The summed E-state index contributed by atoms with van der Waals surface area (Å²) in [5, 5.41) is 4.74. The molecule has 0 atom stereocenters. The molecule has 0 saturated carbocycles. The Kier molecular flexibility index (Phi) is 12.2. The van der Waals surface area contributed by atoms with Crippen LogP contribution in [-0.2, 0) is 0 Å². The first-order chi connectivity index (χ1) is 40.7. The van der Waals surface area contributed by atoms with Crippen molar-refractivity contribution in [3.8, 4) is 55.9 Å². The van der Waals surface area contributed by atoms with Gasteiger partial charge in [-0.3, -0.25) is 0 Å². The summed E-state index contributed by atoms with van der Waals surface area (Å²) < 4.78 is 4.84. The normalized spacial score (nSPS) is 11.4. The number of rotatable bonds is 12. The molecule has 0 amide bonds. The zero-order valence-corrected chi connectivity index (χ0v) is 45.0. The summed E-state index contributed by atoms with van der Waals surface area (Å²) in [6.07, 6.45) is 0. The maximum atomic E-state index is 2.42. The predicted octanol–water partition coefficient (Wildman–Crippen LogP) is 21.5. The Hall–Kier alpha value is -10.9. The Labute approximate surface area is 477 Å². The molecule has 13 aromatic carbocycles. The van der Waals surface area contributed by atoms with Crippen molar-refractivity contribution in [2.75, 3.05) is 9.80 Å². The summed E-state index contributed by atoms with van der Waals surface area (Å²) in [7, 11) is 0. The van der Waals surface area contributed by atoms with E-state index in [1.54, 1.807) is 0 Å². The Morgan fingerprint density at radius 2 is 0.427 bits per heavy atom. The molecule has 0 saturated heterocycles. The first-order valence-corrected chi connectivity index (χ1v) is 28.1. The van der Waals surface area contributed by atoms with E-state index in [-0.39, 0.29) is 0 Å². The Bertz CT molecular complexity index is 4440. The highest BCUT2D eigenvalue weighted by Crippen LogP contribution is 2.45. The molecule has 2 aromatic heterocycles. The highest BCUT2D eigenvalue weighted by Gasteiger charge is 2.22. The highest BCUT2D eigenvalue weighted by molar-refractivity contribution is 6.13. The van der Waals surface area contributed by atoms with Crippen LogP contribution < -0.4 is 9.80 Å². The minimum absolute atomic E-state index is 1.04. The number of aromatic nitrogens is 2. The molecule has 82 heavy (non-hydrogen) atoms. The van der Waals surface area contributed by atoms with Gasteiger partial charge in [0, 0.05) is 67.0 Å². The van der Waals surface area contributed by atoms with Gasteiger partial charge in [0.1, 0.15) is 0 Å². The average molecular weight is 1050 g/mol. The maximum Gasteiger partial charge on any atom is 0.0542 e. The van der Waals surface area contributed by atoms with E-state index in [0.717, 1.165) is 67.6 Å². The molecule has 386 valence electrons. The van der Waals surface area contributed by atoms with Crippen LogP contribution >= 0.6 is 0 Å². The van der Waals surface area contributed by atoms with Gasteiger partial charge in [-0.25, -0.2) is 0 Å². The van der Waals surface area contributed by atoms with Crippen LogP contribution in [0, 0.1) is 0 Å². The number of hydrogen-bond acceptors (Lipinski definition) is 2. The zero-order chi connectivity index (χ0) is 54.3. The van der Waals surface area contributed by atoms with Gasteiger partial charge < -0.3 is 18.9 Å². The molecular weight excluding hydrogens is 993 g/mol. The lowest BCUT2D eigenvalue weighted by Gasteiger charge is -2.29. The van der Waals surface area contributed by atoms with Crippen LogP contribution in [0.5, 0.6) is 0 Å². The van der Waals surface area contributed by atoms with Gasteiger partial charge in [0.15, 0.2) is 0 Å². The number of nitrogens with zero attached hydrogens (tertiary/aromatic N) is 4. The second-order valence-corrected chi connectivity index (χ2v) is 21.0. The lowest BCUT2D eigenvalue weighted by atomic mass is 10.0. The van der Waals surface area contributed by atoms with Crippen molar-refractivity contribution in [2.24, 2.45) is 0 Å². The third-order valence-corrected chi connectivity index (χ3v) is 16.1. The summed E-state index contributed by atoms with van der Waals surface area (Å²) >= 11 is 0. The summed E-state index contributed by atoms with van der Waals surface area (Å²) in [6, 6.07) is 119. The van der Waals surface area contributed by atoms with E-state index in [9.17, 15) is 0 Å². The van der Waals surface area contributed by atoms with Crippen molar-refractivity contribution in [3.63, 3.8) is 0 Å². The van der Waals surface area contributed by atoms with E-state index in [1.165, 1.54) is 66.1 Å². The molecule has 0 radical (unpaired) electrons. The van der Waals surface area contributed by atoms with Crippen LogP contribution in [0.1, 0.15) is 0 Å². The molecular formula is C78H54N4. The van der Waals surface area contributed by atoms with Crippen LogP contribution in [-0.4, -0.2) is 9.13 Å². The summed E-state index contributed by atoms with van der Waals surface area (Å²) in [4.78, 5) is 4.80. The second-order valence-electron chi connectivity index (χ2n) is 21.0. The summed E-state index contributed by atoms with van der Waals surface area (Å²) in [5.41, 5.74) is 22.7. The molecule has 4 heteroatoms. The second kappa shape index (κ2) is 20.7. The van der Waals surface area contributed by atoms with Gasteiger partial charge in [-0.15, -0.1) is 0 Å². The fourth-order valence-corrected chi connectivity index (χ4v) is 12.2. The largest absolute Gasteiger partial charge is 0.310 e. The molecule has 4 nitrogen and oxygen atoms in total. The molecule has 15 rings (SSSR count). The first kappa shape index (κ1) is 48.2. The zero-order valence-electron chi connectivity index (χ0n) is 45.0. The molecule has 0 spiro atoms. The third-order valence-electron chi connectivity index (χ3n) is 16.1. The summed E-state index contributed by atoms with van der Waals surface area (Å²) in [5.74, 6) is 0. The lowest BCUT2D eigenvalue weighted by molar-refractivity contribution is 1.18. The molecule has 0 N–H and O–H groups in total. The van der Waals surface area contributed by atoms with Crippen LogP contribution in [0.4, 0.5) is 34.1 Å². The van der Waals surface area contributed by atoms with E-state index < -0.39 is 0 Å². The molecule has 0 fully saturated rings. The topological polar surface area (TPSA) is 16.3 Å². The SMILES string of the molecule is c1ccc(-c2ccc(-n3c4ccc(-c5ccccc5)cc4c4cc(N(c5ccccc5)c5cccc(N(c6ccccc6)c6ccc7c(c6)c6cc(-c8ccccc8)ccc6n7-c6ccc(-c7ccccc7)cc6)c5)ccc43)cc2)cc1. The van der Waals surface area contributed by atoms with Gasteiger partial charge in [-0.05, 0) is 172 Å². The fraction of sp³-hybridized carbons (Fsp3) is 0. The Morgan fingerprint density at radius 3 is 0.780 bits per heavy atom. The smallest absolute Gasteiger partial charge is 0.0542 e. The van der Waals surface area contributed by atoms with Gasteiger partial charge in [-0.2, -0.15) is 0 Å². The number of para-hydroxylation sites is 2. The lowest BCUT2D eigenvalue weighted by Crippen LogP contribution is -2.13. The van der Waals surface area contributed by atoms with E-state index in [2.05, 4.69) is 347 Å². The quantitative estimate of drug-likeness (QED) is 0.121. The van der Waals surface area contributed by atoms with E-state index in [0.29, 0.717) is 0 Å². The molecule has 0 bridgehead atoms. The Balaban J connectivity index is 0.882. The molecule has 0 aliphatic rings. The van der Waals surface area contributed by atoms with Crippen LogP contribution in [0.3, 0.4) is 0 Å². The highest BCUT2D eigenvalue weighted by atomic mass is 15.2. The average Bonchev–Trinajstić information content (AvgIpc) is 4.23. The molecule has 0 aliphatic heterocycles. The minimum atomic E-state index is 1.04. The molecule has 0 aliphatic carbocycles. The Morgan fingerprint density at radius 1 is 0.171 bits per heavy atom. The standard InChI is InChI=1S/C78H54N4/c1-7-20-55(21-8-1)59-34-40-65(41-35-59)81-75-46-38-61(57-24-11-3-12-25-57)50-71(75)73-53-69(44-48-77(73)81)79(63-28-15-5-16-29-63)67-32-19-33-68(52-67)80(64-30-17-6-18-31-64)70-45-49-78-74(54-70)72-51-62(58-26-13-4-14-27-58)39-47-76(72)82(78)66-42-36-60(37-43-66)56-22-9-2-10-23-56/h1-54H. The van der Waals surface area contributed by atoms with Gasteiger partial charge in [0.2, 0.25) is 0 Å². The van der Waals surface area contributed by atoms with Gasteiger partial charge >= 0.3 is 0 Å². The van der Waals surface area contributed by atoms with E-state index in [1.807, 2.05) is 0 Å². The van der Waals surface area contributed by atoms with Gasteiger partial charge in [0.25, 0.3) is 0 Å². The molecule has 15 aromatic rings. The monoisotopic (exact) mass is 1050 g/mol. The van der Waals surface area contributed by atoms with Crippen LogP contribution in [0.25, 0.3) is 99.5 Å². The first-order valence-electron chi connectivity index (χ1n) is 28.1. The van der Waals surface area contributed by atoms with Crippen LogP contribution in [0.15, 0.2) is 328 Å². The number of benzene rings is 13. The number of fused-ring (bicyclic) bond motifs is 6.